The van der Waals surface area contributed by atoms with Crippen LogP contribution in [-0.4, -0.2) is 62.0 Å². The van der Waals surface area contributed by atoms with E-state index in [1.807, 2.05) is 0 Å². The van der Waals surface area contributed by atoms with E-state index in [-0.39, 0.29) is 0 Å². The van der Waals surface area contributed by atoms with Crippen molar-refractivity contribution >= 4 is 0 Å². The normalized spacial score (nSPS) is 44.2. The summed E-state index contributed by atoms with van der Waals surface area (Å²) in [5, 5.41) is 3.94. The predicted octanol–water partition coefficient (Wildman–Crippen LogP) is 1.79. The van der Waals surface area contributed by atoms with Crippen LogP contribution in [0.3, 0.4) is 0 Å². The number of nitrogens with one attached hydrogen (secondary N) is 1. The first-order chi connectivity index (χ1) is 10.9. The Balaban J connectivity index is 1.20. The molecule has 5 fully saturated rings. The van der Waals surface area contributed by atoms with Gasteiger partial charge in [-0.1, -0.05) is 12.8 Å². The fourth-order valence-corrected chi connectivity index (χ4v) is 5.90. The summed E-state index contributed by atoms with van der Waals surface area (Å²) in [6.45, 7) is 5.24. The van der Waals surface area contributed by atoms with Crippen LogP contribution in [-0.2, 0) is 9.47 Å². The molecule has 4 nitrogen and oxygen atoms in total. The zero-order valence-corrected chi connectivity index (χ0v) is 13.6. The highest BCUT2D eigenvalue weighted by atomic mass is 16.5. The molecule has 0 aromatic rings. The summed E-state index contributed by atoms with van der Waals surface area (Å²) >= 11 is 0. The van der Waals surface area contributed by atoms with Gasteiger partial charge in [-0.3, -0.25) is 4.90 Å². The van der Waals surface area contributed by atoms with Gasteiger partial charge in [0.15, 0.2) is 0 Å². The van der Waals surface area contributed by atoms with E-state index in [9.17, 15) is 0 Å². The molecule has 124 valence electrons. The molecule has 1 spiro atoms. The van der Waals surface area contributed by atoms with Gasteiger partial charge in [-0.2, -0.15) is 0 Å². The van der Waals surface area contributed by atoms with Crippen molar-refractivity contribution in [3.8, 4) is 0 Å². The second kappa shape index (κ2) is 5.44. The Kier molecular flexibility index (Phi) is 3.51. The topological polar surface area (TPSA) is 33.7 Å². The van der Waals surface area contributed by atoms with Crippen LogP contribution >= 0.6 is 0 Å². The van der Waals surface area contributed by atoms with Gasteiger partial charge in [-0.25, -0.2) is 0 Å². The molecule has 1 N–H and O–H groups in total. The molecule has 2 aliphatic heterocycles. The fraction of sp³-hybridized carbons (Fsp3) is 1.00. The summed E-state index contributed by atoms with van der Waals surface area (Å²) < 4.78 is 12.1. The average Bonchev–Trinajstić information content (AvgIpc) is 3.09. The number of nitrogens with zero attached hydrogens (tertiary/aromatic N) is 1. The summed E-state index contributed by atoms with van der Waals surface area (Å²) in [5.41, 5.74) is 0.478. The van der Waals surface area contributed by atoms with Gasteiger partial charge in [0.2, 0.25) is 0 Å². The summed E-state index contributed by atoms with van der Waals surface area (Å²) in [6.07, 6.45) is 10.6. The number of ether oxygens (including phenoxy) is 2. The lowest BCUT2D eigenvalue weighted by molar-refractivity contribution is -0.134. The lowest BCUT2D eigenvalue weighted by Gasteiger charge is -2.57. The standard InChI is InChI=1S/C18H30N2O2/c1-2-7-18(6-1)16(15-5-9-22-17(15)18)19-11-14-12-20(8-10-21-14)13-3-4-13/h13-17,19H,1-12H2/t14-,15+,16-,17-/m1/s1. The molecular formula is C18H30N2O2. The van der Waals surface area contributed by atoms with Gasteiger partial charge in [0.1, 0.15) is 0 Å². The average molecular weight is 306 g/mol. The van der Waals surface area contributed by atoms with E-state index in [1.165, 1.54) is 44.9 Å². The lowest BCUT2D eigenvalue weighted by Crippen LogP contribution is -2.68. The van der Waals surface area contributed by atoms with E-state index in [1.54, 1.807) is 0 Å². The molecule has 0 unspecified atom stereocenters. The van der Waals surface area contributed by atoms with Crippen molar-refractivity contribution in [3.63, 3.8) is 0 Å². The maximum Gasteiger partial charge on any atom is 0.0826 e. The minimum atomic E-state index is 0.397. The molecular weight excluding hydrogens is 276 g/mol. The Bertz CT molecular complexity index is 419. The molecule has 2 heterocycles. The maximum atomic E-state index is 6.09. The van der Waals surface area contributed by atoms with Crippen LogP contribution in [0.5, 0.6) is 0 Å². The first-order valence-electron chi connectivity index (χ1n) is 9.57. The number of morpholine rings is 1. The predicted molar refractivity (Wildman–Crippen MR) is 84.9 cm³/mol. The van der Waals surface area contributed by atoms with Crippen molar-refractivity contribution in [2.75, 3.05) is 32.8 Å². The molecule has 0 aromatic carbocycles. The van der Waals surface area contributed by atoms with E-state index in [4.69, 9.17) is 9.47 Å². The van der Waals surface area contributed by atoms with Crippen LogP contribution in [0.1, 0.15) is 44.9 Å². The van der Waals surface area contributed by atoms with Crippen molar-refractivity contribution in [3.05, 3.63) is 0 Å². The highest BCUT2D eigenvalue weighted by Gasteiger charge is 2.64. The molecule has 3 saturated carbocycles. The van der Waals surface area contributed by atoms with E-state index >= 15 is 0 Å². The highest BCUT2D eigenvalue weighted by Crippen LogP contribution is 2.60. The largest absolute Gasteiger partial charge is 0.377 e. The molecule has 4 atom stereocenters. The van der Waals surface area contributed by atoms with Crippen LogP contribution in [0.25, 0.3) is 0 Å². The Morgan fingerprint density at radius 1 is 1.05 bits per heavy atom. The Morgan fingerprint density at radius 2 is 1.91 bits per heavy atom. The van der Waals surface area contributed by atoms with Crippen molar-refractivity contribution < 1.29 is 9.47 Å². The van der Waals surface area contributed by atoms with Crippen LogP contribution in [0, 0.1) is 11.3 Å². The number of hydrogen-bond donors (Lipinski definition) is 1. The van der Waals surface area contributed by atoms with E-state index < -0.39 is 0 Å². The first-order valence-corrected chi connectivity index (χ1v) is 9.57. The Hall–Kier alpha value is -0.160. The third-order valence-corrected chi connectivity index (χ3v) is 7.08. The van der Waals surface area contributed by atoms with E-state index in [2.05, 4.69) is 10.2 Å². The third kappa shape index (κ3) is 2.18. The fourth-order valence-electron chi connectivity index (χ4n) is 5.90. The molecule has 0 bridgehead atoms. The van der Waals surface area contributed by atoms with Crippen molar-refractivity contribution in [1.29, 1.82) is 0 Å². The number of fused-ring (bicyclic) bond motifs is 2. The number of hydrogen-bond acceptors (Lipinski definition) is 4. The van der Waals surface area contributed by atoms with Gasteiger partial charge in [0.05, 0.1) is 18.8 Å². The minimum absolute atomic E-state index is 0.397. The summed E-state index contributed by atoms with van der Waals surface area (Å²) in [5.74, 6) is 0.779. The first kappa shape index (κ1) is 14.2. The van der Waals surface area contributed by atoms with Crippen molar-refractivity contribution in [1.82, 2.24) is 10.2 Å². The third-order valence-electron chi connectivity index (χ3n) is 7.08. The second-order valence-corrected chi connectivity index (χ2v) is 8.29. The Morgan fingerprint density at radius 3 is 2.73 bits per heavy atom. The molecule has 22 heavy (non-hydrogen) atoms. The van der Waals surface area contributed by atoms with Crippen LogP contribution in [0.2, 0.25) is 0 Å². The molecule has 4 heteroatoms. The molecule has 2 saturated heterocycles. The van der Waals surface area contributed by atoms with Crippen LogP contribution in [0.4, 0.5) is 0 Å². The number of rotatable bonds is 4. The molecule has 5 aliphatic rings. The smallest absolute Gasteiger partial charge is 0.0826 e. The molecule has 0 aromatic heterocycles. The van der Waals surface area contributed by atoms with Crippen LogP contribution < -0.4 is 5.32 Å². The summed E-state index contributed by atoms with van der Waals surface area (Å²) in [4.78, 5) is 2.66. The SMILES string of the molecule is C1CCC2(C1)[C@H](NC[C@@H]1CN(C3CC3)CCO1)[C@@H]1CCO[C@H]12. The van der Waals surface area contributed by atoms with Gasteiger partial charge in [0.25, 0.3) is 0 Å². The zero-order valence-electron chi connectivity index (χ0n) is 13.6. The summed E-state index contributed by atoms with van der Waals surface area (Å²) in [7, 11) is 0. The van der Waals surface area contributed by atoms with Gasteiger partial charge in [-0.15, -0.1) is 0 Å². The van der Waals surface area contributed by atoms with E-state index in [0.29, 0.717) is 23.7 Å². The van der Waals surface area contributed by atoms with Crippen molar-refractivity contribution in [2.24, 2.45) is 11.3 Å². The molecule has 3 aliphatic carbocycles. The van der Waals surface area contributed by atoms with Gasteiger partial charge in [0, 0.05) is 49.7 Å². The highest BCUT2D eigenvalue weighted by molar-refractivity contribution is 5.16. The van der Waals surface area contributed by atoms with E-state index in [0.717, 1.165) is 44.8 Å². The monoisotopic (exact) mass is 306 g/mol. The minimum Gasteiger partial charge on any atom is -0.377 e. The second-order valence-electron chi connectivity index (χ2n) is 8.29. The molecule has 5 rings (SSSR count). The lowest BCUT2D eigenvalue weighted by atomic mass is 9.54. The van der Waals surface area contributed by atoms with Crippen molar-refractivity contribution in [2.45, 2.75) is 69.2 Å². The Labute approximate surface area is 133 Å². The maximum absolute atomic E-state index is 6.09. The van der Waals surface area contributed by atoms with Gasteiger partial charge in [-0.05, 0) is 32.1 Å². The van der Waals surface area contributed by atoms with Gasteiger partial charge >= 0.3 is 0 Å². The molecule has 0 radical (unpaired) electrons. The van der Waals surface area contributed by atoms with Gasteiger partial charge < -0.3 is 14.8 Å². The van der Waals surface area contributed by atoms with Crippen LogP contribution in [0.15, 0.2) is 0 Å². The quantitative estimate of drug-likeness (QED) is 0.858. The zero-order chi connectivity index (χ0) is 14.6. The summed E-state index contributed by atoms with van der Waals surface area (Å²) in [6, 6.07) is 1.58. The molecule has 0 amide bonds.